The third-order valence-electron chi connectivity index (χ3n) is 5.74. The number of nitrogens with two attached hydrogens (primary N) is 2. The fourth-order valence-corrected chi connectivity index (χ4v) is 4.28. The first-order chi connectivity index (χ1) is 15.2. The van der Waals surface area contributed by atoms with E-state index in [4.69, 9.17) is 21.4 Å². The molecule has 0 fully saturated rings. The summed E-state index contributed by atoms with van der Waals surface area (Å²) in [6.07, 6.45) is 0. The first-order valence-corrected chi connectivity index (χ1v) is 10.1. The second kappa shape index (κ2) is 6.57. The molecule has 0 aliphatic rings. The van der Waals surface area contributed by atoms with Crippen molar-refractivity contribution in [2.45, 2.75) is 0 Å². The van der Waals surface area contributed by atoms with Crippen LogP contribution in [0.4, 0.5) is 11.4 Å². The lowest BCUT2D eigenvalue weighted by molar-refractivity contribution is 1.34. The number of aromatic amines is 1. The largest absolute Gasteiger partial charge is 0.398 e. The summed E-state index contributed by atoms with van der Waals surface area (Å²) in [5, 5.41) is 3.12. The summed E-state index contributed by atoms with van der Waals surface area (Å²) in [5.41, 5.74) is 19.2. The van der Waals surface area contributed by atoms with Crippen LogP contribution in [0.3, 0.4) is 0 Å². The van der Waals surface area contributed by atoms with E-state index < -0.39 is 0 Å². The van der Waals surface area contributed by atoms with Gasteiger partial charge in [0.25, 0.3) is 0 Å². The predicted octanol–water partition coefficient (Wildman–Crippen LogP) is 5.76. The molecule has 0 atom stereocenters. The lowest BCUT2D eigenvalue weighted by atomic mass is 10.0. The van der Waals surface area contributed by atoms with Crippen molar-refractivity contribution in [2.24, 2.45) is 0 Å². The highest BCUT2D eigenvalue weighted by molar-refractivity contribution is 6.22. The van der Waals surface area contributed by atoms with Gasteiger partial charge in [-0.3, -0.25) is 0 Å². The smallest absolute Gasteiger partial charge is 0.142 e. The zero-order valence-corrected chi connectivity index (χ0v) is 16.6. The van der Waals surface area contributed by atoms with Crippen LogP contribution in [0.5, 0.6) is 0 Å². The zero-order valence-electron chi connectivity index (χ0n) is 16.6. The molecule has 0 aliphatic heterocycles. The van der Waals surface area contributed by atoms with Crippen LogP contribution in [0.15, 0.2) is 84.9 Å². The zero-order chi connectivity index (χ0) is 20.9. The van der Waals surface area contributed by atoms with E-state index in [1.54, 1.807) is 0 Å². The molecule has 0 spiro atoms. The van der Waals surface area contributed by atoms with Crippen LogP contribution in [-0.2, 0) is 0 Å². The molecule has 2 heterocycles. The number of benzene rings is 4. The molecule has 0 radical (unpaired) electrons. The number of hydrogen-bond donors (Lipinski definition) is 3. The van der Waals surface area contributed by atoms with Crippen molar-refractivity contribution >= 4 is 44.1 Å². The Balaban J connectivity index is 1.71. The highest BCUT2D eigenvalue weighted by atomic mass is 14.9. The Morgan fingerprint density at radius 2 is 1.26 bits per heavy atom. The van der Waals surface area contributed by atoms with E-state index in [0.29, 0.717) is 17.2 Å². The number of aromatic nitrogens is 3. The van der Waals surface area contributed by atoms with Gasteiger partial charge in [0.2, 0.25) is 0 Å². The summed E-state index contributed by atoms with van der Waals surface area (Å²) in [5.74, 6) is 0.662. The van der Waals surface area contributed by atoms with Crippen LogP contribution in [0.2, 0.25) is 0 Å². The van der Waals surface area contributed by atoms with Crippen LogP contribution in [0.1, 0.15) is 0 Å². The van der Waals surface area contributed by atoms with Crippen LogP contribution < -0.4 is 11.5 Å². The summed E-state index contributed by atoms with van der Waals surface area (Å²) in [6.45, 7) is 0. The van der Waals surface area contributed by atoms with Crippen LogP contribution >= 0.6 is 0 Å². The average Bonchev–Trinajstić information content (AvgIpc) is 3.25. The van der Waals surface area contributed by atoms with Gasteiger partial charge in [0.1, 0.15) is 5.82 Å². The number of anilines is 2. The number of H-pyrrole nitrogens is 1. The highest BCUT2D eigenvalue weighted by Gasteiger charge is 2.17. The van der Waals surface area contributed by atoms with E-state index in [0.717, 1.165) is 49.5 Å². The predicted molar refractivity (Wildman–Crippen MR) is 129 cm³/mol. The Bertz CT molecular complexity index is 1580. The Morgan fingerprint density at radius 3 is 2.00 bits per heavy atom. The molecule has 2 aromatic heterocycles. The van der Waals surface area contributed by atoms with Gasteiger partial charge < -0.3 is 16.5 Å². The van der Waals surface area contributed by atoms with Crippen LogP contribution in [-0.4, -0.2) is 15.0 Å². The van der Waals surface area contributed by atoms with Crippen molar-refractivity contribution in [3.8, 4) is 22.6 Å². The van der Waals surface area contributed by atoms with Crippen molar-refractivity contribution in [3.05, 3.63) is 84.9 Å². The molecule has 6 rings (SSSR count). The lowest BCUT2D eigenvalue weighted by Crippen LogP contribution is -1.96. The molecule has 5 nitrogen and oxygen atoms in total. The third-order valence-corrected chi connectivity index (χ3v) is 5.74. The van der Waals surface area contributed by atoms with Gasteiger partial charge in [-0.25, -0.2) is 9.97 Å². The molecule has 148 valence electrons. The van der Waals surface area contributed by atoms with E-state index in [9.17, 15) is 0 Å². The fourth-order valence-electron chi connectivity index (χ4n) is 4.28. The summed E-state index contributed by atoms with van der Waals surface area (Å²) in [7, 11) is 0. The first-order valence-electron chi connectivity index (χ1n) is 10.1. The lowest BCUT2D eigenvalue weighted by Gasteiger charge is -2.08. The average molecular weight is 401 g/mol. The van der Waals surface area contributed by atoms with Gasteiger partial charge in [-0.05, 0) is 24.3 Å². The normalized spacial score (nSPS) is 11.5. The van der Waals surface area contributed by atoms with Gasteiger partial charge in [0.15, 0.2) is 0 Å². The van der Waals surface area contributed by atoms with Gasteiger partial charge in [-0.1, -0.05) is 60.7 Å². The number of pyridine rings is 1. The number of nitrogens with one attached hydrogen (secondary N) is 1. The second-order valence-electron chi connectivity index (χ2n) is 7.62. The molecule has 4 aromatic carbocycles. The molecule has 31 heavy (non-hydrogen) atoms. The summed E-state index contributed by atoms with van der Waals surface area (Å²) >= 11 is 0. The maximum Gasteiger partial charge on any atom is 0.142 e. The molecule has 0 unspecified atom stereocenters. The molecule has 0 amide bonds. The minimum Gasteiger partial charge on any atom is -0.398 e. The van der Waals surface area contributed by atoms with Gasteiger partial charge in [0.05, 0.1) is 27.8 Å². The SMILES string of the molecule is Nc1cccc(N)c1-c1nc2c3ccccc3c3nc(-c4ccccc4)ccc3c2[nH]1. The maximum absolute atomic E-state index is 6.23. The molecule has 0 saturated carbocycles. The minimum atomic E-state index is 0.595. The fraction of sp³-hybridized carbons (Fsp3) is 0. The number of nitrogens with zero attached hydrogens (tertiary/aromatic N) is 2. The van der Waals surface area contributed by atoms with Crippen LogP contribution in [0, 0.1) is 0 Å². The molecule has 0 aliphatic carbocycles. The quantitative estimate of drug-likeness (QED) is 0.254. The highest BCUT2D eigenvalue weighted by Crippen LogP contribution is 2.37. The molecule has 0 bridgehead atoms. The van der Waals surface area contributed by atoms with Crippen molar-refractivity contribution < 1.29 is 0 Å². The summed E-state index contributed by atoms with van der Waals surface area (Å²) in [6, 6.07) is 28.1. The van der Waals surface area contributed by atoms with Crippen molar-refractivity contribution in [1.29, 1.82) is 0 Å². The maximum atomic E-state index is 6.23. The molecule has 6 aromatic rings. The van der Waals surface area contributed by atoms with E-state index >= 15 is 0 Å². The monoisotopic (exact) mass is 401 g/mol. The minimum absolute atomic E-state index is 0.595. The second-order valence-corrected chi connectivity index (χ2v) is 7.62. The van der Waals surface area contributed by atoms with Gasteiger partial charge in [0, 0.05) is 33.1 Å². The Kier molecular flexibility index (Phi) is 3.70. The van der Waals surface area contributed by atoms with E-state index in [1.807, 2.05) is 48.5 Å². The van der Waals surface area contributed by atoms with Crippen molar-refractivity contribution in [1.82, 2.24) is 15.0 Å². The Morgan fingerprint density at radius 1 is 0.581 bits per heavy atom. The number of hydrogen-bond acceptors (Lipinski definition) is 4. The number of imidazole rings is 1. The summed E-state index contributed by atoms with van der Waals surface area (Å²) in [4.78, 5) is 13.4. The molecule has 0 saturated heterocycles. The van der Waals surface area contributed by atoms with Crippen molar-refractivity contribution in [3.63, 3.8) is 0 Å². The summed E-state index contributed by atoms with van der Waals surface area (Å²) < 4.78 is 0. The van der Waals surface area contributed by atoms with Crippen molar-refractivity contribution in [2.75, 3.05) is 11.5 Å². The third kappa shape index (κ3) is 2.64. The van der Waals surface area contributed by atoms with E-state index in [2.05, 4.69) is 41.4 Å². The Hall–Kier alpha value is -4.38. The number of nitrogen functional groups attached to an aromatic ring is 2. The molecule has 5 heteroatoms. The number of rotatable bonds is 2. The van der Waals surface area contributed by atoms with Gasteiger partial charge in [-0.2, -0.15) is 0 Å². The molecular weight excluding hydrogens is 382 g/mol. The van der Waals surface area contributed by atoms with Gasteiger partial charge in [-0.15, -0.1) is 0 Å². The van der Waals surface area contributed by atoms with E-state index in [1.165, 1.54) is 0 Å². The Labute approximate surface area is 178 Å². The number of fused-ring (bicyclic) bond motifs is 6. The standard InChI is InChI=1S/C26H19N5/c27-19-11-6-12-20(28)22(19)26-30-24-17-10-5-4-9-16(17)23-18(25(24)31-26)13-14-21(29-23)15-7-2-1-3-8-15/h1-14H,27-28H2,(H,30,31). The molecular formula is C26H19N5. The molecule has 5 N–H and O–H groups in total. The van der Waals surface area contributed by atoms with Crippen LogP contribution in [0.25, 0.3) is 55.4 Å². The van der Waals surface area contributed by atoms with Gasteiger partial charge >= 0.3 is 0 Å². The first kappa shape index (κ1) is 17.5. The topological polar surface area (TPSA) is 93.6 Å². The van der Waals surface area contributed by atoms with E-state index in [-0.39, 0.29) is 0 Å².